The van der Waals surface area contributed by atoms with Crippen LogP contribution >= 0.6 is 0 Å². The average molecular weight is 352 g/mol. The molecule has 0 aromatic rings. The summed E-state index contributed by atoms with van der Waals surface area (Å²) in [6.45, 7) is 9.38. The minimum Gasteiger partial charge on any atom is -0.418 e. The molecule has 0 radical (unpaired) electrons. The van der Waals surface area contributed by atoms with Crippen LogP contribution in [0.15, 0.2) is 24.5 Å². The fourth-order valence-electron chi connectivity index (χ4n) is 2.47. The number of amides is 1. The minimum absolute atomic E-state index is 0.0187. The first kappa shape index (κ1) is 23.4. The summed E-state index contributed by atoms with van der Waals surface area (Å²) in [5, 5.41) is 2.62. The van der Waals surface area contributed by atoms with E-state index in [4.69, 9.17) is 4.74 Å². The van der Waals surface area contributed by atoms with Crippen molar-refractivity contribution in [3.63, 3.8) is 0 Å². The summed E-state index contributed by atoms with van der Waals surface area (Å²) < 4.78 is 4.88. The molecule has 0 spiro atoms. The molecule has 25 heavy (non-hydrogen) atoms. The maximum atomic E-state index is 11.6. The van der Waals surface area contributed by atoms with Crippen LogP contribution in [0.25, 0.3) is 0 Å². The van der Waals surface area contributed by atoms with E-state index in [0.29, 0.717) is 0 Å². The minimum atomic E-state index is -0.545. The molecule has 0 saturated carbocycles. The summed E-state index contributed by atoms with van der Waals surface area (Å²) >= 11 is 0. The maximum absolute atomic E-state index is 11.6. The first-order valence-electron chi connectivity index (χ1n) is 9.85. The molecular formula is C21H37NO3. The SMILES string of the molecule is C=C(OC(=O)/C=C/CCCCCCCCCCCC)C(=O)NC(C)C. The number of hydrogen-bond acceptors (Lipinski definition) is 3. The highest BCUT2D eigenvalue weighted by molar-refractivity contribution is 5.95. The largest absolute Gasteiger partial charge is 0.418 e. The van der Waals surface area contributed by atoms with Gasteiger partial charge in [-0.15, -0.1) is 0 Å². The van der Waals surface area contributed by atoms with Crippen molar-refractivity contribution in [2.45, 2.75) is 97.4 Å². The summed E-state index contributed by atoms with van der Waals surface area (Å²) in [5.74, 6) is -1.16. The molecule has 0 fully saturated rings. The van der Waals surface area contributed by atoms with Crippen molar-refractivity contribution in [2.24, 2.45) is 0 Å². The molecular weight excluding hydrogens is 314 g/mol. The van der Waals surface area contributed by atoms with Gasteiger partial charge in [0, 0.05) is 12.1 Å². The summed E-state index contributed by atoms with van der Waals surface area (Å²) in [6, 6.07) is -0.0187. The van der Waals surface area contributed by atoms with Gasteiger partial charge in [-0.3, -0.25) is 4.79 Å². The highest BCUT2D eigenvalue weighted by Crippen LogP contribution is 2.11. The number of carbonyl (C=O) groups is 2. The molecule has 0 aliphatic carbocycles. The normalized spacial score (nSPS) is 11.0. The molecule has 4 nitrogen and oxygen atoms in total. The second-order valence-corrected chi connectivity index (χ2v) is 6.85. The highest BCUT2D eigenvalue weighted by atomic mass is 16.5. The van der Waals surface area contributed by atoms with E-state index in [1.165, 1.54) is 63.9 Å². The Balaban J connectivity index is 3.57. The number of allylic oxidation sites excluding steroid dienone is 1. The Morgan fingerprint density at radius 3 is 2.00 bits per heavy atom. The standard InChI is InChI=1S/C21H37NO3/c1-5-6-7-8-9-10-11-12-13-14-15-16-17-20(23)25-19(4)21(24)22-18(2)3/h16-18H,4-15H2,1-3H3,(H,22,24)/b17-16+. The van der Waals surface area contributed by atoms with Crippen LogP contribution < -0.4 is 5.32 Å². The topological polar surface area (TPSA) is 55.4 Å². The van der Waals surface area contributed by atoms with Gasteiger partial charge in [0.05, 0.1) is 0 Å². The number of esters is 1. The smallest absolute Gasteiger partial charge is 0.335 e. The molecule has 0 unspecified atom stereocenters. The lowest BCUT2D eigenvalue weighted by Gasteiger charge is -2.09. The first-order chi connectivity index (χ1) is 12.0. The Hall–Kier alpha value is -1.58. The van der Waals surface area contributed by atoms with Gasteiger partial charge in [0.1, 0.15) is 0 Å². The van der Waals surface area contributed by atoms with Crippen molar-refractivity contribution in [1.82, 2.24) is 5.32 Å². The van der Waals surface area contributed by atoms with E-state index in [2.05, 4.69) is 18.8 Å². The van der Waals surface area contributed by atoms with Crippen molar-refractivity contribution in [3.05, 3.63) is 24.5 Å². The summed E-state index contributed by atoms with van der Waals surface area (Å²) in [7, 11) is 0. The van der Waals surface area contributed by atoms with E-state index in [-0.39, 0.29) is 11.8 Å². The molecule has 0 rings (SSSR count). The van der Waals surface area contributed by atoms with Crippen LogP contribution in [-0.4, -0.2) is 17.9 Å². The van der Waals surface area contributed by atoms with Gasteiger partial charge in [-0.05, 0) is 26.7 Å². The number of ether oxygens (including phenoxy) is 1. The maximum Gasteiger partial charge on any atom is 0.335 e. The number of unbranched alkanes of at least 4 members (excludes halogenated alkanes) is 10. The zero-order valence-electron chi connectivity index (χ0n) is 16.4. The van der Waals surface area contributed by atoms with Gasteiger partial charge in [0.25, 0.3) is 5.91 Å². The van der Waals surface area contributed by atoms with Crippen molar-refractivity contribution >= 4 is 11.9 Å². The molecule has 0 saturated heterocycles. The lowest BCUT2D eigenvalue weighted by Crippen LogP contribution is -2.32. The van der Waals surface area contributed by atoms with E-state index < -0.39 is 11.9 Å². The Morgan fingerprint density at radius 1 is 0.960 bits per heavy atom. The predicted octanol–water partition coefficient (Wildman–Crippen LogP) is 5.44. The molecule has 0 aromatic heterocycles. The molecule has 144 valence electrons. The third-order valence-electron chi connectivity index (χ3n) is 3.88. The van der Waals surface area contributed by atoms with Crippen molar-refractivity contribution in [1.29, 1.82) is 0 Å². The predicted molar refractivity (Wildman–Crippen MR) is 104 cm³/mol. The molecule has 1 amide bonds. The van der Waals surface area contributed by atoms with Gasteiger partial charge >= 0.3 is 5.97 Å². The van der Waals surface area contributed by atoms with E-state index >= 15 is 0 Å². The van der Waals surface area contributed by atoms with Gasteiger partial charge in [-0.25, -0.2) is 4.79 Å². The third kappa shape index (κ3) is 15.7. The van der Waals surface area contributed by atoms with Crippen LogP contribution in [0.1, 0.15) is 91.4 Å². The monoisotopic (exact) mass is 351 g/mol. The fourth-order valence-corrected chi connectivity index (χ4v) is 2.47. The molecule has 0 heterocycles. The van der Waals surface area contributed by atoms with Crippen LogP contribution in [0.4, 0.5) is 0 Å². The lowest BCUT2D eigenvalue weighted by molar-refractivity contribution is -0.138. The molecule has 0 aromatic carbocycles. The number of rotatable bonds is 15. The highest BCUT2D eigenvalue weighted by Gasteiger charge is 2.11. The van der Waals surface area contributed by atoms with E-state index in [0.717, 1.165) is 12.8 Å². The molecule has 1 N–H and O–H groups in total. The molecule has 0 atom stereocenters. The van der Waals surface area contributed by atoms with Crippen LogP contribution in [0, 0.1) is 0 Å². The summed E-state index contributed by atoms with van der Waals surface area (Å²) in [6.07, 6.45) is 17.0. The van der Waals surface area contributed by atoms with Crippen molar-refractivity contribution in [2.75, 3.05) is 0 Å². The first-order valence-corrected chi connectivity index (χ1v) is 9.85. The Kier molecular flexibility index (Phi) is 14.9. The van der Waals surface area contributed by atoms with Crippen molar-refractivity contribution in [3.8, 4) is 0 Å². The van der Waals surface area contributed by atoms with Crippen LogP contribution in [-0.2, 0) is 14.3 Å². The van der Waals surface area contributed by atoms with E-state index in [1.807, 2.05) is 13.8 Å². The second-order valence-electron chi connectivity index (χ2n) is 6.85. The zero-order valence-corrected chi connectivity index (χ0v) is 16.4. The molecule has 0 aliphatic heterocycles. The lowest BCUT2D eigenvalue weighted by atomic mass is 10.1. The number of nitrogens with one attached hydrogen (secondary N) is 1. The third-order valence-corrected chi connectivity index (χ3v) is 3.88. The van der Waals surface area contributed by atoms with Crippen LogP contribution in [0.5, 0.6) is 0 Å². The second kappa shape index (κ2) is 15.9. The fraction of sp³-hybridized carbons (Fsp3) is 0.714. The Bertz CT molecular complexity index is 413. The van der Waals surface area contributed by atoms with Gasteiger partial charge in [0.15, 0.2) is 5.76 Å². The molecule has 0 bridgehead atoms. The number of hydrogen-bond donors (Lipinski definition) is 1. The Morgan fingerprint density at radius 2 is 1.48 bits per heavy atom. The molecule has 0 aliphatic rings. The average Bonchev–Trinajstić information content (AvgIpc) is 2.55. The van der Waals surface area contributed by atoms with Gasteiger partial charge in [-0.1, -0.05) is 77.4 Å². The van der Waals surface area contributed by atoms with Crippen LogP contribution in [0.2, 0.25) is 0 Å². The Labute approximate surface area is 154 Å². The quantitative estimate of drug-likeness (QED) is 0.185. The summed E-state index contributed by atoms with van der Waals surface area (Å²) in [4.78, 5) is 23.1. The van der Waals surface area contributed by atoms with Crippen LogP contribution in [0.3, 0.4) is 0 Å². The van der Waals surface area contributed by atoms with Gasteiger partial charge < -0.3 is 10.1 Å². The van der Waals surface area contributed by atoms with E-state index in [9.17, 15) is 9.59 Å². The van der Waals surface area contributed by atoms with Gasteiger partial charge in [0.2, 0.25) is 0 Å². The zero-order chi connectivity index (χ0) is 18.9. The molecule has 4 heteroatoms. The number of carbonyl (C=O) groups excluding carboxylic acids is 2. The van der Waals surface area contributed by atoms with Gasteiger partial charge in [-0.2, -0.15) is 0 Å². The summed E-state index contributed by atoms with van der Waals surface area (Å²) in [5.41, 5.74) is 0. The van der Waals surface area contributed by atoms with E-state index in [1.54, 1.807) is 6.08 Å². The van der Waals surface area contributed by atoms with Crippen molar-refractivity contribution < 1.29 is 14.3 Å².